The number of nitrogens with zero attached hydrogens (tertiary/aromatic N) is 3. The molecule has 0 bridgehead atoms. The Kier molecular flexibility index (Phi) is 4.54. The van der Waals surface area contributed by atoms with Gasteiger partial charge in [0.1, 0.15) is 19.3 Å². The quantitative estimate of drug-likeness (QED) is 0.434. The topological polar surface area (TPSA) is 57.0 Å². The zero-order valence-corrected chi connectivity index (χ0v) is 9.18. The molecule has 1 aromatic heterocycles. The average Bonchev–Trinajstić information content (AvgIpc) is 2.64. The summed E-state index contributed by atoms with van der Waals surface area (Å²) in [5.74, 6) is 0.343. The lowest BCUT2D eigenvalue weighted by atomic mass is 10.8. The lowest BCUT2D eigenvalue weighted by Crippen LogP contribution is -2.09. The van der Waals surface area contributed by atoms with Crippen LogP contribution in [0.15, 0.2) is 12.7 Å². The first-order chi connectivity index (χ1) is 6.70. The monoisotopic (exact) mass is 231 g/mol. The minimum atomic E-state index is -0.280. The lowest BCUT2D eigenvalue weighted by Gasteiger charge is -2.02. The summed E-state index contributed by atoms with van der Waals surface area (Å²) in [6.45, 7) is 1.73. The van der Waals surface area contributed by atoms with E-state index >= 15 is 0 Å². The molecule has 0 radical (unpaired) electrons. The van der Waals surface area contributed by atoms with Gasteiger partial charge in [0.2, 0.25) is 0 Å². The van der Waals surface area contributed by atoms with Crippen molar-refractivity contribution < 1.29 is 9.53 Å². The second-order valence-electron chi connectivity index (χ2n) is 2.29. The molecule has 5 nitrogen and oxygen atoms in total. The molecule has 0 saturated heterocycles. The maximum Gasteiger partial charge on any atom is 0.302 e. The molecule has 0 aromatic carbocycles. The van der Waals surface area contributed by atoms with Gasteiger partial charge in [-0.2, -0.15) is 5.10 Å². The first-order valence-corrected chi connectivity index (χ1v) is 5.24. The van der Waals surface area contributed by atoms with Crippen molar-refractivity contribution in [1.82, 2.24) is 14.8 Å². The number of hydrogen-bond acceptors (Lipinski definition) is 6. The minimum Gasteiger partial charge on any atom is -0.465 e. The number of thiocarbonyl (C=S) groups is 1. The van der Waals surface area contributed by atoms with E-state index in [0.717, 1.165) is 0 Å². The summed E-state index contributed by atoms with van der Waals surface area (Å²) in [5.41, 5.74) is 0. The van der Waals surface area contributed by atoms with Crippen molar-refractivity contribution in [2.75, 3.05) is 12.4 Å². The third kappa shape index (κ3) is 3.84. The number of rotatable bonds is 3. The fourth-order valence-corrected chi connectivity index (χ4v) is 1.60. The molecule has 0 spiro atoms. The minimum absolute atomic E-state index is 0.280. The van der Waals surface area contributed by atoms with Crippen molar-refractivity contribution >= 4 is 34.3 Å². The highest BCUT2D eigenvalue weighted by molar-refractivity contribution is 8.23. The summed E-state index contributed by atoms with van der Waals surface area (Å²) >= 11 is 6.43. The number of carbonyl (C=O) groups is 1. The zero-order chi connectivity index (χ0) is 10.4. The van der Waals surface area contributed by atoms with Crippen LogP contribution in [0, 0.1) is 0 Å². The largest absolute Gasteiger partial charge is 0.465 e. The van der Waals surface area contributed by atoms with Crippen LogP contribution in [0.1, 0.15) is 6.92 Å². The van der Waals surface area contributed by atoms with Gasteiger partial charge in [0.25, 0.3) is 0 Å². The summed E-state index contributed by atoms with van der Waals surface area (Å²) < 4.78 is 6.83. The van der Waals surface area contributed by atoms with Gasteiger partial charge in [-0.25, -0.2) is 9.67 Å². The normalized spacial score (nSPS) is 9.79. The predicted octanol–water partition coefficient (Wildman–Crippen LogP) is 0.707. The SMILES string of the molecule is CC(=O)OCCSC(=S)n1cncn1. The van der Waals surface area contributed by atoms with Crippen molar-refractivity contribution in [3.05, 3.63) is 12.7 Å². The third-order valence-electron chi connectivity index (χ3n) is 1.22. The Hall–Kier alpha value is -0.950. The average molecular weight is 231 g/mol. The van der Waals surface area contributed by atoms with Crippen LogP contribution in [-0.2, 0) is 9.53 Å². The second kappa shape index (κ2) is 5.71. The molecule has 14 heavy (non-hydrogen) atoms. The molecule has 1 rings (SSSR count). The molecule has 0 atom stereocenters. The molecule has 0 aliphatic rings. The Balaban J connectivity index is 2.19. The number of esters is 1. The Morgan fingerprint density at radius 2 is 2.50 bits per heavy atom. The molecule has 0 aliphatic carbocycles. The highest BCUT2D eigenvalue weighted by atomic mass is 32.2. The van der Waals surface area contributed by atoms with Crippen molar-refractivity contribution in [2.24, 2.45) is 0 Å². The predicted molar refractivity (Wildman–Crippen MR) is 57.1 cm³/mol. The third-order valence-corrected chi connectivity index (χ3v) is 2.57. The van der Waals surface area contributed by atoms with Crippen LogP contribution < -0.4 is 0 Å². The molecule has 1 aromatic rings. The van der Waals surface area contributed by atoms with Gasteiger partial charge in [-0.1, -0.05) is 24.0 Å². The number of ether oxygens (including phenoxy) is 1. The van der Waals surface area contributed by atoms with Gasteiger partial charge in [0, 0.05) is 12.7 Å². The van der Waals surface area contributed by atoms with Crippen molar-refractivity contribution in [3.63, 3.8) is 0 Å². The van der Waals surface area contributed by atoms with E-state index in [-0.39, 0.29) is 5.97 Å². The summed E-state index contributed by atoms with van der Waals surface area (Å²) in [5, 5.41) is 3.87. The number of aromatic nitrogens is 3. The number of carbonyl (C=O) groups excluding carboxylic acids is 1. The number of thioether (sulfide) groups is 1. The first kappa shape index (κ1) is 11.1. The summed E-state index contributed by atoms with van der Waals surface area (Å²) in [4.78, 5) is 14.2. The Morgan fingerprint density at radius 3 is 3.07 bits per heavy atom. The van der Waals surface area contributed by atoms with Gasteiger partial charge in [-0.05, 0) is 0 Å². The highest BCUT2D eigenvalue weighted by Gasteiger charge is 2.01. The van der Waals surface area contributed by atoms with E-state index in [2.05, 4.69) is 10.1 Å². The van der Waals surface area contributed by atoms with E-state index in [0.29, 0.717) is 16.7 Å². The molecular formula is C7H9N3O2S2. The first-order valence-electron chi connectivity index (χ1n) is 3.85. The maximum absolute atomic E-state index is 10.4. The van der Waals surface area contributed by atoms with Crippen LogP contribution in [0.4, 0.5) is 0 Å². The fraction of sp³-hybridized carbons (Fsp3) is 0.429. The van der Waals surface area contributed by atoms with Crippen LogP contribution >= 0.6 is 24.0 Å². The molecule has 0 N–H and O–H groups in total. The van der Waals surface area contributed by atoms with E-state index in [1.54, 1.807) is 0 Å². The van der Waals surface area contributed by atoms with Gasteiger partial charge < -0.3 is 4.74 Å². The van der Waals surface area contributed by atoms with Gasteiger partial charge in [-0.15, -0.1) is 0 Å². The molecule has 0 amide bonds. The maximum atomic E-state index is 10.4. The molecule has 76 valence electrons. The highest BCUT2D eigenvalue weighted by Crippen LogP contribution is 2.05. The van der Waals surface area contributed by atoms with Gasteiger partial charge in [0.05, 0.1) is 0 Å². The van der Waals surface area contributed by atoms with E-state index in [4.69, 9.17) is 17.0 Å². The Morgan fingerprint density at radius 1 is 1.71 bits per heavy atom. The van der Waals surface area contributed by atoms with E-state index in [9.17, 15) is 4.79 Å². The van der Waals surface area contributed by atoms with E-state index in [1.807, 2.05) is 0 Å². The molecular weight excluding hydrogens is 222 g/mol. The zero-order valence-electron chi connectivity index (χ0n) is 7.54. The number of hydrogen-bond donors (Lipinski definition) is 0. The molecule has 1 heterocycles. The molecule has 0 saturated carbocycles. The van der Waals surface area contributed by atoms with Crippen LogP contribution in [0.3, 0.4) is 0 Å². The summed E-state index contributed by atoms with van der Waals surface area (Å²) in [6.07, 6.45) is 2.94. The van der Waals surface area contributed by atoms with Crippen LogP contribution in [0.5, 0.6) is 0 Å². The fourth-order valence-electron chi connectivity index (χ4n) is 0.683. The standard InChI is InChI=1S/C7H9N3O2S2/c1-6(11)12-2-3-14-7(13)10-5-8-4-9-10/h4-5H,2-3H2,1H3. The van der Waals surface area contributed by atoms with Gasteiger partial charge >= 0.3 is 5.97 Å². The molecule has 0 unspecified atom stereocenters. The van der Waals surface area contributed by atoms with Gasteiger partial charge in [-0.3, -0.25) is 4.79 Å². The van der Waals surface area contributed by atoms with Crippen molar-refractivity contribution in [3.8, 4) is 0 Å². The van der Waals surface area contributed by atoms with E-state index < -0.39 is 0 Å². The Labute approximate surface area is 90.8 Å². The molecule has 0 aliphatic heterocycles. The Bertz CT molecular complexity index is 313. The second-order valence-corrected chi connectivity index (χ2v) is 4.02. The van der Waals surface area contributed by atoms with Gasteiger partial charge in [0.15, 0.2) is 4.32 Å². The summed E-state index contributed by atoms with van der Waals surface area (Å²) in [6, 6.07) is 0. The van der Waals surface area contributed by atoms with Crippen LogP contribution in [0.25, 0.3) is 0 Å². The van der Waals surface area contributed by atoms with Crippen molar-refractivity contribution in [2.45, 2.75) is 6.92 Å². The smallest absolute Gasteiger partial charge is 0.302 e. The lowest BCUT2D eigenvalue weighted by molar-refractivity contribution is -0.140. The van der Waals surface area contributed by atoms with Crippen LogP contribution in [-0.4, -0.2) is 37.4 Å². The molecule has 0 fully saturated rings. The summed E-state index contributed by atoms with van der Waals surface area (Å²) in [7, 11) is 0. The van der Waals surface area contributed by atoms with E-state index in [1.165, 1.54) is 36.0 Å². The van der Waals surface area contributed by atoms with Crippen LogP contribution in [0.2, 0.25) is 0 Å². The molecule has 7 heteroatoms. The van der Waals surface area contributed by atoms with Crippen molar-refractivity contribution in [1.29, 1.82) is 0 Å².